The van der Waals surface area contributed by atoms with Gasteiger partial charge in [-0.15, -0.1) is 11.3 Å². The van der Waals surface area contributed by atoms with E-state index >= 15 is 0 Å². The van der Waals surface area contributed by atoms with Crippen LogP contribution in [0.1, 0.15) is 12.5 Å². The van der Waals surface area contributed by atoms with Crippen molar-refractivity contribution in [2.75, 3.05) is 18.9 Å². The lowest BCUT2D eigenvalue weighted by Crippen LogP contribution is -2.30. The number of ether oxygens (including phenoxy) is 1. The summed E-state index contributed by atoms with van der Waals surface area (Å²) in [6.45, 7) is 3.23. The van der Waals surface area contributed by atoms with Gasteiger partial charge in [-0.1, -0.05) is 0 Å². The van der Waals surface area contributed by atoms with E-state index in [1.54, 1.807) is 25.6 Å². The van der Waals surface area contributed by atoms with Gasteiger partial charge in [-0.3, -0.25) is 9.98 Å². The normalized spacial score (nSPS) is 11.2. The van der Waals surface area contributed by atoms with E-state index in [1.165, 1.54) is 11.3 Å². The molecule has 26 heavy (non-hydrogen) atoms. The SMILES string of the molecule is CCNC(=NC)Nc1nc(-c2cccnc2OCc2ccncc2)cs1. The van der Waals surface area contributed by atoms with E-state index in [9.17, 15) is 0 Å². The number of aliphatic imine (C=N–C) groups is 1. The zero-order chi connectivity index (χ0) is 18.2. The van der Waals surface area contributed by atoms with Crippen molar-refractivity contribution in [3.63, 3.8) is 0 Å². The van der Waals surface area contributed by atoms with E-state index in [-0.39, 0.29) is 0 Å². The minimum absolute atomic E-state index is 0.425. The van der Waals surface area contributed by atoms with Crippen molar-refractivity contribution in [1.29, 1.82) is 0 Å². The first-order valence-electron chi connectivity index (χ1n) is 8.20. The molecule has 2 N–H and O–H groups in total. The van der Waals surface area contributed by atoms with Gasteiger partial charge in [0.15, 0.2) is 11.1 Å². The number of thiazole rings is 1. The molecule has 0 bridgehead atoms. The fraction of sp³-hybridized carbons (Fsp3) is 0.222. The maximum absolute atomic E-state index is 5.90. The van der Waals surface area contributed by atoms with Crippen LogP contribution < -0.4 is 15.4 Å². The van der Waals surface area contributed by atoms with Crippen LogP contribution in [0.15, 0.2) is 53.2 Å². The zero-order valence-corrected chi connectivity index (χ0v) is 15.5. The maximum atomic E-state index is 5.90. The summed E-state index contributed by atoms with van der Waals surface area (Å²) < 4.78 is 5.90. The van der Waals surface area contributed by atoms with Crippen molar-refractivity contribution in [3.05, 3.63) is 53.8 Å². The Hall–Kier alpha value is -3.00. The second-order valence-corrected chi connectivity index (χ2v) is 6.12. The summed E-state index contributed by atoms with van der Waals surface area (Å²) in [5.74, 6) is 1.24. The van der Waals surface area contributed by atoms with Crippen LogP contribution in [-0.4, -0.2) is 34.5 Å². The van der Waals surface area contributed by atoms with Crippen LogP contribution >= 0.6 is 11.3 Å². The number of anilines is 1. The van der Waals surface area contributed by atoms with E-state index in [2.05, 4.69) is 30.6 Å². The van der Waals surface area contributed by atoms with Crippen molar-refractivity contribution in [3.8, 4) is 17.1 Å². The average molecular weight is 368 g/mol. The quantitative estimate of drug-likeness (QED) is 0.513. The minimum Gasteiger partial charge on any atom is -0.472 e. The molecule has 8 heteroatoms. The molecule has 3 aromatic rings. The summed E-state index contributed by atoms with van der Waals surface area (Å²) >= 11 is 1.50. The molecule has 3 aromatic heterocycles. The molecular formula is C18H20N6OS. The van der Waals surface area contributed by atoms with Crippen molar-refractivity contribution in [2.45, 2.75) is 13.5 Å². The van der Waals surface area contributed by atoms with Gasteiger partial charge in [0.05, 0.1) is 11.3 Å². The first-order valence-corrected chi connectivity index (χ1v) is 9.08. The maximum Gasteiger partial charge on any atom is 0.223 e. The molecule has 0 fully saturated rings. The molecule has 0 atom stereocenters. The molecule has 0 aliphatic rings. The van der Waals surface area contributed by atoms with Crippen LogP contribution in [0.5, 0.6) is 5.88 Å². The second kappa shape index (κ2) is 8.91. The highest BCUT2D eigenvalue weighted by atomic mass is 32.1. The molecule has 3 rings (SSSR count). The predicted molar refractivity (Wildman–Crippen MR) is 105 cm³/mol. The summed E-state index contributed by atoms with van der Waals surface area (Å²) in [7, 11) is 1.73. The molecule has 7 nitrogen and oxygen atoms in total. The highest BCUT2D eigenvalue weighted by molar-refractivity contribution is 7.14. The Kier molecular flexibility index (Phi) is 6.10. The number of nitrogens with one attached hydrogen (secondary N) is 2. The smallest absolute Gasteiger partial charge is 0.223 e. The molecule has 3 heterocycles. The lowest BCUT2D eigenvalue weighted by Gasteiger charge is -2.09. The van der Waals surface area contributed by atoms with E-state index in [0.717, 1.165) is 28.5 Å². The summed E-state index contributed by atoms with van der Waals surface area (Å²) in [5.41, 5.74) is 2.69. The van der Waals surface area contributed by atoms with Crippen LogP contribution in [-0.2, 0) is 6.61 Å². The summed E-state index contributed by atoms with van der Waals surface area (Å²) in [4.78, 5) is 17.1. The topological polar surface area (TPSA) is 84.3 Å². The number of hydrogen-bond acceptors (Lipinski definition) is 6. The van der Waals surface area contributed by atoms with Gasteiger partial charge in [0.1, 0.15) is 6.61 Å². The van der Waals surface area contributed by atoms with Crippen LogP contribution in [0.25, 0.3) is 11.3 Å². The molecule has 134 valence electrons. The van der Waals surface area contributed by atoms with Gasteiger partial charge in [-0.05, 0) is 36.8 Å². The number of guanidine groups is 1. The third kappa shape index (κ3) is 4.54. The van der Waals surface area contributed by atoms with Crippen molar-refractivity contribution >= 4 is 22.4 Å². The molecule has 0 spiro atoms. The Morgan fingerprint density at radius 1 is 1.23 bits per heavy atom. The third-order valence-corrected chi connectivity index (χ3v) is 4.23. The van der Waals surface area contributed by atoms with Gasteiger partial charge in [0, 0.05) is 37.6 Å². The fourth-order valence-electron chi connectivity index (χ4n) is 2.23. The molecule has 0 amide bonds. The third-order valence-electron chi connectivity index (χ3n) is 3.47. The Morgan fingerprint density at radius 3 is 2.85 bits per heavy atom. The fourth-order valence-corrected chi connectivity index (χ4v) is 2.94. The van der Waals surface area contributed by atoms with E-state index < -0.39 is 0 Å². The van der Waals surface area contributed by atoms with Gasteiger partial charge in [-0.2, -0.15) is 0 Å². The molecule has 0 aliphatic carbocycles. The molecular weight excluding hydrogens is 348 g/mol. The van der Waals surface area contributed by atoms with Crippen LogP contribution in [0, 0.1) is 0 Å². The lowest BCUT2D eigenvalue weighted by molar-refractivity contribution is 0.295. The number of pyridine rings is 2. The number of aromatic nitrogens is 3. The van der Waals surface area contributed by atoms with Gasteiger partial charge >= 0.3 is 0 Å². The molecule has 0 saturated heterocycles. The minimum atomic E-state index is 0.425. The first kappa shape index (κ1) is 17.8. The summed E-state index contributed by atoms with van der Waals surface area (Å²) in [6, 6.07) is 7.66. The van der Waals surface area contributed by atoms with E-state index in [4.69, 9.17) is 4.74 Å². The lowest BCUT2D eigenvalue weighted by atomic mass is 10.2. The molecule has 0 unspecified atom stereocenters. The Labute approximate surface area is 156 Å². The highest BCUT2D eigenvalue weighted by Crippen LogP contribution is 2.31. The molecule has 0 aromatic carbocycles. The molecule has 0 radical (unpaired) electrons. The van der Waals surface area contributed by atoms with Gasteiger partial charge in [0.2, 0.25) is 5.88 Å². The van der Waals surface area contributed by atoms with Crippen molar-refractivity contribution in [1.82, 2.24) is 20.3 Å². The van der Waals surface area contributed by atoms with Gasteiger partial charge in [0.25, 0.3) is 0 Å². The molecule has 0 saturated carbocycles. The largest absolute Gasteiger partial charge is 0.472 e. The molecule has 0 aliphatic heterocycles. The Bertz CT molecular complexity index is 865. The van der Waals surface area contributed by atoms with Crippen molar-refractivity contribution in [2.24, 2.45) is 4.99 Å². The Balaban J connectivity index is 1.75. The second-order valence-electron chi connectivity index (χ2n) is 5.27. The van der Waals surface area contributed by atoms with E-state index in [0.29, 0.717) is 18.4 Å². The number of hydrogen-bond donors (Lipinski definition) is 2. The highest BCUT2D eigenvalue weighted by Gasteiger charge is 2.12. The number of nitrogens with zero attached hydrogens (tertiary/aromatic N) is 4. The average Bonchev–Trinajstić information content (AvgIpc) is 3.15. The summed E-state index contributed by atoms with van der Waals surface area (Å²) in [5, 5.41) is 9.04. The predicted octanol–water partition coefficient (Wildman–Crippen LogP) is 3.19. The van der Waals surface area contributed by atoms with Gasteiger partial charge in [-0.25, -0.2) is 9.97 Å². The monoisotopic (exact) mass is 368 g/mol. The van der Waals surface area contributed by atoms with E-state index in [1.807, 2.05) is 36.6 Å². The van der Waals surface area contributed by atoms with Crippen LogP contribution in [0.2, 0.25) is 0 Å². The summed E-state index contributed by atoms with van der Waals surface area (Å²) in [6.07, 6.45) is 5.20. The zero-order valence-electron chi connectivity index (χ0n) is 14.6. The van der Waals surface area contributed by atoms with Crippen molar-refractivity contribution < 1.29 is 4.74 Å². The van der Waals surface area contributed by atoms with Crippen LogP contribution in [0.4, 0.5) is 5.13 Å². The van der Waals surface area contributed by atoms with Gasteiger partial charge < -0.3 is 15.4 Å². The van der Waals surface area contributed by atoms with Crippen LogP contribution in [0.3, 0.4) is 0 Å². The standard InChI is InChI=1S/C18H20N6OS/c1-3-21-17(19-2)24-18-23-15(12-26-18)14-5-4-8-22-16(14)25-11-13-6-9-20-10-7-13/h4-10,12H,3,11H2,1-2H3,(H2,19,21,23,24). The Morgan fingerprint density at radius 2 is 2.08 bits per heavy atom. The number of rotatable bonds is 6. The first-order chi connectivity index (χ1) is 12.8.